The highest BCUT2D eigenvalue weighted by atomic mass is 79.9. The van der Waals surface area contributed by atoms with Gasteiger partial charge in [0.1, 0.15) is 5.75 Å². The second-order valence-corrected chi connectivity index (χ2v) is 6.16. The van der Waals surface area contributed by atoms with Gasteiger partial charge in [0.05, 0.1) is 19.4 Å². The Balaban J connectivity index is 1.93. The third-order valence-corrected chi connectivity index (χ3v) is 4.23. The van der Waals surface area contributed by atoms with Crippen molar-refractivity contribution >= 4 is 27.8 Å². The summed E-state index contributed by atoms with van der Waals surface area (Å²) in [4.78, 5) is 23.0. The van der Waals surface area contributed by atoms with Gasteiger partial charge in [0.2, 0.25) is 5.91 Å². The Morgan fingerprint density at radius 3 is 2.81 bits per heavy atom. The number of halogens is 1. The van der Waals surface area contributed by atoms with Crippen molar-refractivity contribution in [3.8, 4) is 5.75 Å². The summed E-state index contributed by atoms with van der Waals surface area (Å²) in [5.74, 6) is -0.554. The van der Waals surface area contributed by atoms with Crippen molar-refractivity contribution < 1.29 is 19.4 Å². The van der Waals surface area contributed by atoms with E-state index in [-0.39, 0.29) is 24.3 Å². The molecule has 0 spiro atoms. The molecule has 1 aliphatic carbocycles. The van der Waals surface area contributed by atoms with Crippen molar-refractivity contribution in [1.29, 1.82) is 0 Å². The molecule has 0 heterocycles. The highest BCUT2D eigenvalue weighted by Crippen LogP contribution is 2.26. The quantitative estimate of drug-likeness (QED) is 0.849. The maximum absolute atomic E-state index is 12.1. The Hall–Kier alpha value is -1.56. The summed E-state index contributed by atoms with van der Waals surface area (Å²) in [5, 5.41) is 11.9. The highest BCUT2D eigenvalue weighted by molar-refractivity contribution is 9.10. The predicted octanol–water partition coefficient (Wildman–Crippen LogP) is 2.37. The minimum atomic E-state index is -0.777. The molecule has 114 valence electrons. The first kappa shape index (κ1) is 15.8. The van der Waals surface area contributed by atoms with Gasteiger partial charge in [-0.05, 0) is 37.5 Å². The van der Waals surface area contributed by atoms with Crippen LogP contribution in [0.3, 0.4) is 0 Å². The smallest absolute Gasteiger partial charge is 0.306 e. The topological polar surface area (TPSA) is 75.6 Å². The van der Waals surface area contributed by atoms with Crippen LogP contribution in [0.5, 0.6) is 5.75 Å². The first-order valence-electron chi connectivity index (χ1n) is 6.84. The van der Waals surface area contributed by atoms with Crippen LogP contribution < -0.4 is 10.1 Å². The molecule has 0 bridgehead atoms. The zero-order chi connectivity index (χ0) is 15.4. The van der Waals surface area contributed by atoms with E-state index < -0.39 is 5.97 Å². The van der Waals surface area contributed by atoms with Gasteiger partial charge in [-0.3, -0.25) is 9.59 Å². The predicted molar refractivity (Wildman–Crippen MR) is 81.3 cm³/mol. The number of aliphatic carboxylic acids is 1. The number of carbonyl (C=O) groups excluding carboxylic acids is 1. The number of carboxylic acids is 1. The molecule has 1 fully saturated rings. The summed E-state index contributed by atoms with van der Waals surface area (Å²) in [5.41, 5.74) is 0.803. The average molecular weight is 356 g/mol. The van der Waals surface area contributed by atoms with Gasteiger partial charge in [0.15, 0.2) is 0 Å². The standard InChI is InChI=1S/C15H18BrNO4/c1-21-13-5-3-11(16)6-10(13)8-14(18)17-12-4-2-9(7-12)15(19)20/h3,5-6,9,12H,2,4,7-8H2,1H3,(H,17,18)(H,19,20)/t9-,12+/m1/s1. The van der Waals surface area contributed by atoms with Crippen molar-refractivity contribution in [2.45, 2.75) is 31.7 Å². The van der Waals surface area contributed by atoms with Crippen LogP contribution in [-0.4, -0.2) is 30.1 Å². The van der Waals surface area contributed by atoms with Crippen molar-refractivity contribution in [2.75, 3.05) is 7.11 Å². The van der Waals surface area contributed by atoms with Crippen LogP contribution >= 0.6 is 15.9 Å². The van der Waals surface area contributed by atoms with Gasteiger partial charge in [-0.25, -0.2) is 0 Å². The van der Waals surface area contributed by atoms with E-state index in [0.29, 0.717) is 18.6 Å². The molecule has 1 aromatic rings. The fraction of sp³-hybridized carbons (Fsp3) is 0.467. The van der Waals surface area contributed by atoms with E-state index in [2.05, 4.69) is 21.2 Å². The third kappa shape index (κ3) is 4.20. The van der Waals surface area contributed by atoms with E-state index >= 15 is 0 Å². The Morgan fingerprint density at radius 1 is 1.43 bits per heavy atom. The third-order valence-electron chi connectivity index (χ3n) is 3.74. The van der Waals surface area contributed by atoms with Crippen molar-refractivity contribution in [1.82, 2.24) is 5.32 Å². The number of hydrogen-bond donors (Lipinski definition) is 2. The number of benzene rings is 1. The fourth-order valence-electron chi connectivity index (χ4n) is 2.67. The van der Waals surface area contributed by atoms with Gasteiger partial charge in [-0.1, -0.05) is 15.9 Å². The van der Waals surface area contributed by atoms with E-state index in [9.17, 15) is 9.59 Å². The summed E-state index contributed by atoms with van der Waals surface area (Å²) in [6.45, 7) is 0. The molecule has 1 saturated carbocycles. The van der Waals surface area contributed by atoms with Crippen LogP contribution in [-0.2, 0) is 16.0 Å². The molecule has 5 nitrogen and oxygen atoms in total. The zero-order valence-corrected chi connectivity index (χ0v) is 13.4. The van der Waals surface area contributed by atoms with Crippen LogP contribution in [0.4, 0.5) is 0 Å². The monoisotopic (exact) mass is 355 g/mol. The SMILES string of the molecule is COc1ccc(Br)cc1CC(=O)N[C@H]1CC[C@@H](C(=O)O)C1. The first-order chi connectivity index (χ1) is 9.99. The van der Waals surface area contributed by atoms with E-state index in [1.54, 1.807) is 7.11 Å². The zero-order valence-electron chi connectivity index (χ0n) is 11.8. The van der Waals surface area contributed by atoms with Crippen molar-refractivity contribution in [3.63, 3.8) is 0 Å². The van der Waals surface area contributed by atoms with Crippen LogP contribution in [0, 0.1) is 5.92 Å². The number of rotatable bonds is 5. The van der Waals surface area contributed by atoms with Crippen LogP contribution in [0.25, 0.3) is 0 Å². The lowest BCUT2D eigenvalue weighted by atomic mass is 10.1. The molecule has 1 aromatic carbocycles. The van der Waals surface area contributed by atoms with Gasteiger partial charge in [-0.2, -0.15) is 0 Å². The fourth-order valence-corrected chi connectivity index (χ4v) is 3.08. The van der Waals surface area contributed by atoms with Crippen molar-refractivity contribution in [3.05, 3.63) is 28.2 Å². The Morgan fingerprint density at radius 2 is 2.19 bits per heavy atom. The maximum Gasteiger partial charge on any atom is 0.306 e. The van der Waals surface area contributed by atoms with Crippen LogP contribution in [0.1, 0.15) is 24.8 Å². The Labute approximate surface area is 131 Å². The van der Waals surface area contributed by atoms with E-state index in [4.69, 9.17) is 9.84 Å². The Kier molecular flexibility index (Phi) is 5.22. The van der Waals surface area contributed by atoms with Gasteiger partial charge < -0.3 is 15.2 Å². The maximum atomic E-state index is 12.1. The average Bonchev–Trinajstić information content (AvgIpc) is 2.87. The molecule has 2 rings (SSSR count). The van der Waals surface area contributed by atoms with E-state index in [1.807, 2.05) is 18.2 Å². The molecule has 2 atom stereocenters. The van der Waals surface area contributed by atoms with E-state index in [0.717, 1.165) is 16.5 Å². The molecule has 1 amide bonds. The first-order valence-corrected chi connectivity index (χ1v) is 7.63. The van der Waals surface area contributed by atoms with Gasteiger partial charge in [0.25, 0.3) is 0 Å². The molecule has 0 unspecified atom stereocenters. The highest BCUT2D eigenvalue weighted by Gasteiger charge is 2.30. The number of amides is 1. The largest absolute Gasteiger partial charge is 0.496 e. The van der Waals surface area contributed by atoms with Crippen LogP contribution in [0.2, 0.25) is 0 Å². The number of carboxylic acid groups (broad SMARTS) is 1. The van der Waals surface area contributed by atoms with Crippen molar-refractivity contribution in [2.24, 2.45) is 5.92 Å². The molecule has 0 aliphatic heterocycles. The lowest BCUT2D eigenvalue weighted by molar-refractivity contribution is -0.141. The number of ether oxygens (including phenoxy) is 1. The van der Waals surface area contributed by atoms with Gasteiger partial charge >= 0.3 is 5.97 Å². The molecule has 0 saturated heterocycles. The number of nitrogens with one attached hydrogen (secondary N) is 1. The lowest BCUT2D eigenvalue weighted by Gasteiger charge is -2.14. The lowest BCUT2D eigenvalue weighted by Crippen LogP contribution is -2.34. The Bertz CT molecular complexity index is 546. The molecule has 0 radical (unpaired) electrons. The number of carbonyl (C=O) groups is 2. The molecule has 21 heavy (non-hydrogen) atoms. The minimum Gasteiger partial charge on any atom is -0.496 e. The molecule has 6 heteroatoms. The molecule has 2 N–H and O–H groups in total. The summed E-state index contributed by atoms with van der Waals surface area (Å²) in [7, 11) is 1.57. The van der Waals surface area contributed by atoms with E-state index in [1.165, 1.54) is 0 Å². The summed E-state index contributed by atoms with van der Waals surface area (Å²) < 4.78 is 6.13. The van der Waals surface area contributed by atoms with Gasteiger partial charge in [-0.15, -0.1) is 0 Å². The minimum absolute atomic E-state index is 0.0447. The summed E-state index contributed by atoms with van der Waals surface area (Å²) >= 11 is 3.37. The number of methoxy groups -OCH3 is 1. The molecular weight excluding hydrogens is 338 g/mol. The number of hydrogen-bond acceptors (Lipinski definition) is 3. The molecule has 0 aromatic heterocycles. The molecule has 1 aliphatic rings. The summed E-state index contributed by atoms with van der Waals surface area (Å²) in [6.07, 6.45) is 2.08. The second-order valence-electron chi connectivity index (χ2n) is 5.25. The second kappa shape index (κ2) is 6.93. The summed E-state index contributed by atoms with van der Waals surface area (Å²) in [6, 6.07) is 5.47. The normalized spacial score (nSPS) is 21.0. The van der Waals surface area contributed by atoms with Crippen LogP contribution in [0.15, 0.2) is 22.7 Å². The van der Waals surface area contributed by atoms with Gasteiger partial charge in [0, 0.05) is 16.1 Å². The molecular formula is C15H18BrNO4.